The van der Waals surface area contributed by atoms with Gasteiger partial charge in [0.25, 0.3) is 11.6 Å². The maximum absolute atomic E-state index is 12.7. The highest BCUT2D eigenvalue weighted by Gasteiger charge is 2.24. The minimum Gasteiger partial charge on any atom is -0.497 e. The number of non-ortho nitro benzene ring substituents is 1. The third kappa shape index (κ3) is 6.54. The largest absolute Gasteiger partial charge is 0.497 e. The number of aromatic nitrogens is 3. The molecule has 0 fully saturated rings. The van der Waals surface area contributed by atoms with E-state index in [-0.39, 0.29) is 28.8 Å². The van der Waals surface area contributed by atoms with Crippen LogP contribution in [-0.4, -0.2) is 44.8 Å². The molecule has 3 rings (SSSR count). The molecular weight excluding hydrogens is 460 g/mol. The van der Waals surface area contributed by atoms with Gasteiger partial charge in [0.2, 0.25) is 11.1 Å². The lowest BCUT2D eigenvalue weighted by Gasteiger charge is -2.19. The summed E-state index contributed by atoms with van der Waals surface area (Å²) in [5.41, 5.74) is 0.617. The van der Waals surface area contributed by atoms with Crippen molar-refractivity contribution in [3.8, 4) is 5.75 Å². The van der Waals surface area contributed by atoms with Crippen molar-refractivity contribution in [2.24, 2.45) is 5.92 Å². The van der Waals surface area contributed by atoms with E-state index < -0.39 is 16.9 Å². The first-order valence-electron chi connectivity index (χ1n) is 10.3. The van der Waals surface area contributed by atoms with Crippen LogP contribution in [0.5, 0.6) is 5.75 Å². The lowest BCUT2D eigenvalue weighted by molar-refractivity contribution is -0.384. The van der Waals surface area contributed by atoms with Crippen molar-refractivity contribution >= 4 is 35.0 Å². The number of hydrogen-bond acceptors (Lipinski definition) is 8. The Balaban J connectivity index is 1.61. The number of hydrogen-bond donors (Lipinski definition) is 3. The van der Waals surface area contributed by atoms with Crippen LogP contribution >= 0.6 is 11.8 Å². The van der Waals surface area contributed by atoms with E-state index >= 15 is 0 Å². The number of nitrogens with one attached hydrogen (secondary N) is 3. The molecule has 34 heavy (non-hydrogen) atoms. The number of nitro benzene ring substituents is 1. The Morgan fingerprint density at radius 3 is 2.68 bits per heavy atom. The highest BCUT2D eigenvalue weighted by Crippen LogP contribution is 2.23. The van der Waals surface area contributed by atoms with Crippen molar-refractivity contribution < 1.29 is 19.2 Å². The Morgan fingerprint density at radius 1 is 1.21 bits per heavy atom. The Labute approximate surface area is 199 Å². The quantitative estimate of drug-likeness (QED) is 0.224. The number of methoxy groups -OCH3 is 1. The first kappa shape index (κ1) is 24.7. The third-order valence-corrected chi connectivity index (χ3v) is 5.58. The summed E-state index contributed by atoms with van der Waals surface area (Å²) in [5, 5.41) is 23.9. The smallest absolute Gasteiger partial charge is 0.270 e. The first-order chi connectivity index (χ1) is 16.3. The van der Waals surface area contributed by atoms with E-state index in [0.29, 0.717) is 22.4 Å². The summed E-state index contributed by atoms with van der Waals surface area (Å²) >= 11 is 1.14. The Bertz CT molecular complexity index is 1180. The van der Waals surface area contributed by atoms with Crippen LogP contribution in [-0.2, 0) is 4.79 Å². The van der Waals surface area contributed by atoms with Crippen molar-refractivity contribution in [2.75, 3.05) is 18.2 Å². The maximum Gasteiger partial charge on any atom is 0.270 e. The van der Waals surface area contributed by atoms with E-state index in [1.807, 2.05) is 13.8 Å². The van der Waals surface area contributed by atoms with Crippen LogP contribution in [0, 0.1) is 16.0 Å². The van der Waals surface area contributed by atoms with E-state index in [0.717, 1.165) is 11.8 Å². The number of nitrogens with zero attached hydrogens (tertiary/aromatic N) is 3. The minimum atomic E-state index is -0.554. The average molecular weight is 485 g/mol. The number of amides is 2. The van der Waals surface area contributed by atoms with Gasteiger partial charge in [-0.25, -0.2) is 4.98 Å². The zero-order chi connectivity index (χ0) is 24.7. The van der Waals surface area contributed by atoms with Gasteiger partial charge >= 0.3 is 0 Å². The number of H-pyrrole nitrogens is 1. The maximum atomic E-state index is 12.7. The molecule has 0 saturated heterocycles. The number of nitro groups is 1. The normalized spacial score (nSPS) is 11.6. The molecule has 12 heteroatoms. The number of aromatic amines is 1. The molecule has 0 aliphatic rings. The predicted molar refractivity (Wildman–Crippen MR) is 127 cm³/mol. The molecule has 1 heterocycles. The summed E-state index contributed by atoms with van der Waals surface area (Å²) in [5.74, 6) is 0.390. The fraction of sp³-hybridized carbons (Fsp3) is 0.273. The molecule has 0 radical (unpaired) electrons. The van der Waals surface area contributed by atoms with Crippen LogP contribution in [0.3, 0.4) is 0 Å². The zero-order valence-electron chi connectivity index (χ0n) is 18.8. The molecule has 3 N–H and O–H groups in total. The molecule has 0 unspecified atom stereocenters. The van der Waals surface area contributed by atoms with Gasteiger partial charge in [-0.05, 0) is 24.1 Å². The first-order valence-corrected chi connectivity index (χ1v) is 11.3. The molecule has 3 aromatic rings. The number of thioether (sulfide) groups is 1. The average Bonchev–Trinajstić information content (AvgIpc) is 3.29. The number of ether oxygens (including phenoxy) is 1. The summed E-state index contributed by atoms with van der Waals surface area (Å²) in [6.07, 6.45) is 0. The summed E-state index contributed by atoms with van der Waals surface area (Å²) in [7, 11) is 1.55. The highest BCUT2D eigenvalue weighted by molar-refractivity contribution is 7.99. The van der Waals surface area contributed by atoms with Gasteiger partial charge in [-0.1, -0.05) is 37.7 Å². The highest BCUT2D eigenvalue weighted by atomic mass is 32.2. The van der Waals surface area contributed by atoms with Gasteiger partial charge in [0, 0.05) is 29.4 Å². The molecule has 178 valence electrons. The van der Waals surface area contributed by atoms with Crippen LogP contribution in [0.25, 0.3) is 0 Å². The van der Waals surface area contributed by atoms with Crippen LogP contribution in [0.15, 0.2) is 53.7 Å². The molecule has 1 atom stereocenters. The second kappa shape index (κ2) is 11.3. The molecule has 0 aliphatic carbocycles. The number of anilines is 1. The summed E-state index contributed by atoms with van der Waals surface area (Å²) in [4.78, 5) is 39.8. The molecular formula is C22H24N6O5S. The monoisotopic (exact) mass is 484 g/mol. The second-order valence-electron chi connectivity index (χ2n) is 7.57. The van der Waals surface area contributed by atoms with Crippen molar-refractivity contribution in [2.45, 2.75) is 25.0 Å². The van der Waals surface area contributed by atoms with E-state index in [1.165, 1.54) is 24.3 Å². The van der Waals surface area contributed by atoms with E-state index in [1.54, 1.807) is 31.4 Å². The lowest BCUT2D eigenvalue weighted by atomic mass is 10.0. The van der Waals surface area contributed by atoms with Gasteiger partial charge in [-0.15, -0.1) is 5.10 Å². The summed E-state index contributed by atoms with van der Waals surface area (Å²) in [6.45, 7) is 3.80. The standard InChI is InChI=1S/C22H24N6O5S/c1-13(2)19(24-21(30)14-6-4-8-16(10-14)28(31)32)20-25-22(27-26-20)34-12-18(29)23-15-7-5-9-17(11-15)33-3/h4-11,13,19H,12H2,1-3H3,(H,23,29)(H,24,30)(H,25,26,27)/t19-/m1/s1. The predicted octanol–water partition coefficient (Wildman–Crippen LogP) is 3.58. The number of carbonyl (C=O) groups excluding carboxylic acids is 2. The fourth-order valence-electron chi connectivity index (χ4n) is 3.03. The third-order valence-electron chi connectivity index (χ3n) is 4.74. The molecule has 2 amide bonds. The van der Waals surface area contributed by atoms with Gasteiger partial charge in [-0.2, -0.15) is 0 Å². The number of rotatable bonds is 10. The van der Waals surface area contributed by atoms with Gasteiger partial charge < -0.3 is 15.4 Å². The molecule has 1 aromatic heterocycles. The van der Waals surface area contributed by atoms with Crippen LogP contribution in [0.4, 0.5) is 11.4 Å². The van der Waals surface area contributed by atoms with Crippen LogP contribution in [0.1, 0.15) is 36.1 Å². The zero-order valence-corrected chi connectivity index (χ0v) is 19.6. The van der Waals surface area contributed by atoms with Crippen molar-refractivity contribution in [1.82, 2.24) is 20.5 Å². The van der Waals surface area contributed by atoms with Gasteiger partial charge in [0.15, 0.2) is 0 Å². The Hall–Kier alpha value is -3.93. The van der Waals surface area contributed by atoms with Crippen LogP contribution < -0.4 is 15.4 Å². The molecule has 0 bridgehead atoms. The SMILES string of the molecule is COc1cccc(NC(=O)CSc2n[nH]c([C@H](NC(=O)c3cccc([N+](=O)[O-])c3)C(C)C)n2)c1. The van der Waals surface area contributed by atoms with Crippen molar-refractivity contribution in [3.63, 3.8) is 0 Å². The number of carbonyl (C=O) groups is 2. The summed E-state index contributed by atoms with van der Waals surface area (Å²) in [6, 6.07) is 12.0. The topological polar surface area (TPSA) is 152 Å². The number of benzene rings is 2. The molecule has 0 saturated carbocycles. The second-order valence-corrected chi connectivity index (χ2v) is 8.52. The molecule has 2 aromatic carbocycles. The van der Waals surface area contributed by atoms with Gasteiger partial charge in [0.05, 0.1) is 23.8 Å². The minimum absolute atomic E-state index is 0.0511. The summed E-state index contributed by atoms with van der Waals surface area (Å²) < 4.78 is 5.14. The van der Waals surface area contributed by atoms with Crippen molar-refractivity contribution in [1.29, 1.82) is 0 Å². The van der Waals surface area contributed by atoms with Crippen LogP contribution in [0.2, 0.25) is 0 Å². The van der Waals surface area contributed by atoms with Gasteiger partial charge in [-0.3, -0.25) is 24.8 Å². The van der Waals surface area contributed by atoms with E-state index in [4.69, 9.17) is 4.74 Å². The Kier molecular flexibility index (Phi) is 8.19. The van der Waals surface area contributed by atoms with E-state index in [9.17, 15) is 19.7 Å². The molecule has 0 spiro atoms. The molecule has 11 nitrogen and oxygen atoms in total. The lowest BCUT2D eigenvalue weighted by Crippen LogP contribution is -2.32. The molecule has 0 aliphatic heterocycles. The van der Waals surface area contributed by atoms with Crippen molar-refractivity contribution in [3.05, 3.63) is 70.0 Å². The van der Waals surface area contributed by atoms with E-state index in [2.05, 4.69) is 25.8 Å². The fourth-order valence-corrected chi connectivity index (χ4v) is 3.63. The Morgan fingerprint density at radius 2 is 1.97 bits per heavy atom. The van der Waals surface area contributed by atoms with Gasteiger partial charge in [0.1, 0.15) is 11.6 Å².